The monoisotopic (exact) mass is 260 g/mol. The molecule has 96 valence electrons. The Kier molecular flexibility index (Phi) is 4.39. The summed E-state index contributed by atoms with van der Waals surface area (Å²) in [6, 6.07) is -0.635. The minimum Gasteiger partial charge on any atom is -0.480 e. The molecule has 1 heterocycles. The number of rotatable bonds is 5. The van der Waals surface area contributed by atoms with Crippen molar-refractivity contribution < 1.29 is 19.5 Å². The van der Waals surface area contributed by atoms with E-state index in [9.17, 15) is 14.4 Å². The quantitative estimate of drug-likeness (QED) is 0.671. The number of hydrogen-bond donors (Lipinski definition) is 3. The van der Waals surface area contributed by atoms with Crippen molar-refractivity contribution in [2.24, 2.45) is 0 Å². The number of carboxylic acids is 1. The van der Waals surface area contributed by atoms with Crippen LogP contribution in [0.3, 0.4) is 0 Å². The molecule has 0 spiro atoms. The van der Waals surface area contributed by atoms with Crippen LogP contribution in [0.25, 0.3) is 0 Å². The van der Waals surface area contributed by atoms with Crippen molar-refractivity contribution in [3.8, 4) is 0 Å². The van der Waals surface area contributed by atoms with Crippen LogP contribution in [0.15, 0.2) is 0 Å². The number of carbonyl (C=O) groups is 3. The van der Waals surface area contributed by atoms with Crippen molar-refractivity contribution in [2.45, 2.75) is 38.3 Å². The van der Waals surface area contributed by atoms with Gasteiger partial charge in [0.25, 0.3) is 5.24 Å². The lowest BCUT2D eigenvalue weighted by Crippen LogP contribution is -2.58. The van der Waals surface area contributed by atoms with E-state index in [0.717, 1.165) is 11.8 Å². The predicted molar refractivity (Wildman–Crippen MR) is 63.9 cm³/mol. The summed E-state index contributed by atoms with van der Waals surface area (Å²) in [5, 5.41) is 13.9. The van der Waals surface area contributed by atoms with Gasteiger partial charge in [-0.3, -0.25) is 9.59 Å². The molecule has 6 nitrogen and oxygen atoms in total. The van der Waals surface area contributed by atoms with Gasteiger partial charge in [-0.05, 0) is 12.8 Å². The third kappa shape index (κ3) is 2.91. The van der Waals surface area contributed by atoms with Gasteiger partial charge in [-0.1, -0.05) is 25.6 Å². The topological polar surface area (TPSA) is 95.5 Å². The van der Waals surface area contributed by atoms with Gasteiger partial charge in [0.2, 0.25) is 5.91 Å². The summed E-state index contributed by atoms with van der Waals surface area (Å²) in [6.45, 7) is 3.42. The highest BCUT2D eigenvalue weighted by atomic mass is 32.2. The maximum atomic E-state index is 11.8. The van der Waals surface area contributed by atoms with Crippen LogP contribution in [0, 0.1) is 0 Å². The SMILES string of the molecule is CCC(CC)(NC(=O)C1CSC(=O)N1)C(=O)O. The highest BCUT2D eigenvalue weighted by molar-refractivity contribution is 8.14. The molecule has 1 rings (SSSR count). The molecular weight excluding hydrogens is 244 g/mol. The Labute approximate surface area is 104 Å². The summed E-state index contributed by atoms with van der Waals surface area (Å²) in [4.78, 5) is 34.0. The Balaban J connectivity index is 2.71. The van der Waals surface area contributed by atoms with Crippen molar-refractivity contribution in [2.75, 3.05) is 5.75 Å². The van der Waals surface area contributed by atoms with Gasteiger partial charge < -0.3 is 15.7 Å². The van der Waals surface area contributed by atoms with Gasteiger partial charge in [-0.2, -0.15) is 0 Å². The van der Waals surface area contributed by atoms with Crippen molar-refractivity contribution in [1.29, 1.82) is 0 Å². The number of hydrogen-bond acceptors (Lipinski definition) is 4. The van der Waals surface area contributed by atoms with Crippen LogP contribution in [-0.2, 0) is 9.59 Å². The molecular formula is C10H16N2O4S. The van der Waals surface area contributed by atoms with Crippen LogP contribution in [0.1, 0.15) is 26.7 Å². The van der Waals surface area contributed by atoms with E-state index in [1.165, 1.54) is 0 Å². The Hall–Kier alpha value is -1.24. The van der Waals surface area contributed by atoms with Crippen LogP contribution >= 0.6 is 11.8 Å². The summed E-state index contributed by atoms with van der Waals surface area (Å²) in [5.41, 5.74) is -1.24. The van der Waals surface area contributed by atoms with E-state index in [4.69, 9.17) is 5.11 Å². The third-order valence-electron chi connectivity index (χ3n) is 2.97. The molecule has 0 aromatic heterocycles. The second-order valence-corrected chi connectivity index (χ2v) is 4.87. The van der Waals surface area contributed by atoms with Crippen molar-refractivity contribution >= 4 is 28.9 Å². The first-order chi connectivity index (χ1) is 7.95. The molecule has 0 aliphatic carbocycles. The molecule has 2 amide bonds. The molecule has 1 aliphatic heterocycles. The van der Waals surface area contributed by atoms with Crippen LogP contribution in [0.5, 0.6) is 0 Å². The summed E-state index contributed by atoms with van der Waals surface area (Å²) in [6.07, 6.45) is 0.608. The van der Waals surface area contributed by atoms with E-state index < -0.39 is 23.5 Å². The average molecular weight is 260 g/mol. The van der Waals surface area contributed by atoms with Crippen molar-refractivity contribution in [1.82, 2.24) is 10.6 Å². The molecule has 1 saturated heterocycles. The minimum absolute atomic E-state index is 0.251. The molecule has 0 aromatic rings. The van der Waals surface area contributed by atoms with Gasteiger partial charge in [-0.15, -0.1) is 0 Å². The van der Waals surface area contributed by atoms with E-state index >= 15 is 0 Å². The fourth-order valence-corrected chi connectivity index (χ4v) is 2.41. The lowest BCUT2D eigenvalue weighted by Gasteiger charge is -2.29. The second-order valence-electron chi connectivity index (χ2n) is 3.88. The average Bonchev–Trinajstić information content (AvgIpc) is 2.72. The zero-order valence-corrected chi connectivity index (χ0v) is 10.6. The highest BCUT2D eigenvalue weighted by Gasteiger charge is 2.39. The number of nitrogens with one attached hydrogen (secondary N) is 2. The normalized spacial score (nSPS) is 19.9. The largest absolute Gasteiger partial charge is 0.480 e. The Morgan fingerprint density at radius 3 is 2.47 bits per heavy atom. The highest BCUT2D eigenvalue weighted by Crippen LogP contribution is 2.18. The molecule has 7 heteroatoms. The standard InChI is InChI=1S/C10H16N2O4S/c1-3-10(4-2,8(14)15)12-7(13)6-5-17-9(16)11-6/h6H,3-5H2,1-2H3,(H,11,16)(H,12,13)(H,14,15). The van der Waals surface area contributed by atoms with E-state index in [1.54, 1.807) is 13.8 Å². The number of carboxylic acid groups (broad SMARTS) is 1. The fraction of sp³-hybridized carbons (Fsp3) is 0.700. The van der Waals surface area contributed by atoms with Crippen molar-refractivity contribution in [3.05, 3.63) is 0 Å². The van der Waals surface area contributed by atoms with Crippen LogP contribution in [0.4, 0.5) is 4.79 Å². The van der Waals surface area contributed by atoms with Crippen LogP contribution in [0.2, 0.25) is 0 Å². The van der Waals surface area contributed by atoms with Crippen LogP contribution in [-0.4, -0.2) is 39.6 Å². The van der Waals surface area contributed by atoms with E-state index in [0.29, 0.717) is 18.6 Å². The molecule has 0 bridgehead atoms. The van der Waals surface area contributed by atoms with E-state index in [-0.39, 0.29) is 5.24 Å². The third-order valence-corrected chi connectivity index (χ3v) is 3.85. The van der Waals surface area contributed by atoms with E-state index in [1.807, 2.05) is 0 Å². The van der Waals surface area contributed by atoms with Crippen molar-refractivity contribution in [3.63, 3.8) is 0 Å². The molecule has 0 saturated carbocycles. The number of amides is 2. The molecule has 1 atom stereocenters. The van der Waals surface area contributed by atoms with Gasteiger partial charge in [0.15, 0.2) is 0 Å². The smallest absolute Gasteiger partial charge is 0.329 e. The summed E-state index contributed by atoms with van der Waals surface area (Å²) in [5.74, 6) is -1.14. The first kappa shape index (κ1) is 13.8. The Bertz CT molecular complexity index is 341. The Morgan fingerprint density at radius 1 is 1.53 bits per heavy atom. The van der Waals surface area contributed by atoms with Gasteiger partial charge in [0, 0.05) is 5.75 Å². The number of aliphatic carboxylic acids is 1. The molecule has 3 N–H and O–H groups in total. The van der Waals surface area contributed by atoms with Crippen LogP contribution < -0.4 is 10.6 Å². The molecule has 1 aliphatic rings. The lowest BCUT2D eigenvalue weighted by molar-refractivity contribution is -0.148. The molecule has 0 aromatic carbocycles. The van der Waals surface area contributed by atoms with Gasteiger partial charge in [0.1, 0.15) is 11.6 Å². The summed E-state index contributed by atoms with van der Waals surface area (Å²) < 4.78 is 0. The zero-order valence-electron chi connectivity index (χ0n) is 9.78. The van der Waals surface area contributed by atoms with Gasteiger partial charge in [-0.25, -0.2) is 4.79 Å². The number of thioether (sulfide) groups is 1. The first-order valence-corrected chi connectivity index (χ1v) is 6.42. The Morgan fingerprint density at radius 2 is 2.12 bits per heavy atom. The maximum Gasteiger partial charge on any atom is 0.329 e. The molecule has 1 fully saturated rings. The van der Waals surface area contributed by atoms with Gasteiger partial charge in [0.05, 0.1) is 0 Å². The molecule has 0 radical (unpaired) electrons. The summed E-state index contributed by atoms with van der Waals surface area (Å²) >= 11 is 1.02. The lowest BCUT2D eigenvalue weighted by atomic mass is 9.92. The second kappa shape index (κ2) is 5.39. The minimum atomic E-state index is -1.24. The number of carbonyl (C=O) groups excluding carboxylic acids is 2. The maximum absolute atomic E-state index is 11.8. The molecule has 17 heavy (non-hydrogen) atoms. The summed E-state index contributed by atoms with van der Waals surface area (Å²) in [7, 11) is 0. The first-order valence-electron chi connectivity index (χ1n) is 5.44. The zero-order chi connectivity index (χ0) is 13.1. The van der Waals surface area contributed by atoms with E-state index in [2.05, 4.69) is 10.6 Å². The molecule has 1 unspecified atom stereocenters. The fourth-order valence-electron chi connectivity index (χ4n) is 1.63. The predicted octanol–water partition coefficient (Wildman–Crippen LogP) is 0.571. The van der Waals surface area contributed by atoms with Gasteiger partial charge >= 0.3 is 5.97 Å².